The minimum Gasteiger partial charge on any atom is -0.418 e. The van der Waals surface area contributed by atoms with Crippen molar-refractivity contribution >= 4 is 9.04 Å². The standard InChI is InChI=1S/C11H26OSi/c1-5-6-7-8-9-10-11(2)12-13(3)4/h11,13H,5-10H2,1-4H3. The third-order valence-corrected chi connectivity index (χ3v) is 3.23. The van der Waals surface area contributed by atoms with Gasteiger partial charge in [0.15, 0.2) is 9.04 Å². The Balaban J connectivity index is 3.12. The maximum Gasteiger partial charge on any atom is 0.171 e. The summed E-state index contributed by atoms with van der Waals surface area (Å²) < 4.78 is 5.80. The molecule has 0 saturated heterocycles. The van der Waals surface area contributed by atoms with Crippen molar-refractivity contribution in [2.45, 2.75) is 71.6 Å². The van der Waals surface area contributed by atoms with Gasteiger partial charge in [0.05, 0.1) is 0 Å². The Hall–Kier alpha value is 0.177. The molecule has 0 aliphatic rings. The van der Waals surface area contributed by atoms with Crippen molar-refractivity contribution in [2.75, 3.05) is 0 Å². The third-order valence-electron chi connectivity index (χ3n) is 2.22. The summed E-state index contributed by atoms with van der Waals surface area (Å²) in [6.45, 7) is 8.96. The molecule has 0 bridgehead atoms. The van der Waals surface area contributed by atoms with Crippen LogP contribution in [0.15, 0.2) is 0 Å². The van der Waals surface area contributed by atoms with Gasteiger partial charge in [-0.05, 0) is 26.4 Å². The van der Waals surface area contributed by atoms with E-state index in [-0.39, 0.29) is 0 Å². The zero-order valence-corrected chi connectivity index (χ0v) is 11.0. The number of hydrogen-bond donors (Lipinski definition) is 0. The lowest BCUT2D eigenvalue weighted by Crippen LogP contribution is -2.17. The summed E-state index contributed by atoms with van der Waals surface area (Å²) >= 11 is 0. The van der Waals surface area contributed by atoms with Gasteiger partial charge in [-0.3, -0.25) is 0 Å². The van der Waals surface area contributed by atoms with Crippen molar-refractivity contribution < 1.29 is 4.43 Å². The van der Waals surface area contributed by atoms with Crippen LogP contribution < -0.4 is 0 Å². The molecule has 0 fully saturated rings. The highest BCUT2D eigenvalue weighted by molar-refractivity contribution is 6.48. The van der Waals surface area contributed by atoms with E-state index in [0.717, 1.165) is 0 Å². The van der Waals surface area contributed by atoms with Crippen molar-refractivity contribution in [2.24, 2.45) is 0 Å². The summed E-state index contributed by atoms with van der Waals surface area (Å²) in [6.07, 6.45) is 8.65. The van der Waals surface area contributed by atoms with Gasteiger partial charge in [0.25, 0.3) is 0 Å². The second-order valence-corrected chi connectivity index (χ2v) is 6.57. The molecule has 0 aromatic heterocycles. The molecule has 0 rings (SSSR count). The first-order valence-electron chi connectivity index (χ1n) is 5.82. The Kier molecular flexibility index (Phi) is 8.88. The molecule has 1 nitrogen and oxygen atoms in total. The summed E-state index contributed by atoms with van der Waals surface area (Å²) in [5.74, 6) is 0. The lowest BCUT2D eigenvalue weighted by Gasteiger charge is -2.15. The van der Waals surface area contributed by atoms with Gasteiger partial charge in [-0.1, -0.05) is 39.0 Å². The van der Waals surface area contributed by atoms with Crippen LogP contribution in [0.5, 0.6) is 0 Å². The molecule has 13 heavy (non-hydrogen) atoms. The van der Waals surface area contributed by atoms with E-state index in [2.05, 4.69) is 26.9 Å². The minimum absolute atomic E-state index is 0.508. The maximum atomic E-state index is 5.80. The molecule has 0 amide bonds. The van der Waals surface area contributed by atoms with E-state index in [9.17, 15) is 0 Å². The molecule has 2 heteroatoms. The molecule has 0 aromatic rings. The van der Waals surface area contributed by atoms with Crippen LogP contribution in [0, 0.1) is 0 Å². The second kappa shape index (κ2) is 8.76. The largest absolute Gasteiger partial charge is 0.418 e. The molecular formula is C11H26OSi. The summed E-state index contributed by atoms with van der Waals surface area (Å²) in [5.41, 5.74) is 0. The van der Waals surface area contributed by atoms with E-state index in [4.69, 9.17) is 4.43 Å². The summed E-state index contributed by atoms with van der Waals surface area (Å²) in [7, 11) is -0.793. The summed E-state index contributed by atoms with van der Waals surface area (Å²) in [5, 5.41) is 0. The molecule has 0 N–H and O–H groups in total. The summed E-state index contributed by atoms with van der Waals surface area (Å²) in [6, 6.07) is 0. The molecule has 1 atom stereocenters. The van der Waals surface area contributed by atoms with E-state index >= 15 is 0 Å². The van der Waals surface area contributed by atoms with E-state index in [1.54, 1.807) is 0 Å². The third kappa shape index (κ3) is 10.1. The van der Waals surface area contributed by atoms with Gasteiger partial charge >= 0.3 is 0 Å². The van der Waals surface area contributed by atoms with Gasteiger partial charge in [0, 0.05) is 6.10 Å². The summed E-state index contributed by atoms with van der Waals surface area (Å²) in [4.78, 5) is 0. The van der Waals surface area contributed by atoms with E-state index < -0.39 is 9.04 Å². The smallest absolute Gasteiger partial charge is 0.171 e. The van der Waals surface area contributed by atoms with E-state index in [1.165, 1.54) is 38.5 Å². The fourth-order valence-corrected chi connectivity index (χ4v) is 2.63. The first-order valence-corrected chi connectivity index (χ1v) is 8.60. The highest BCUT2D eigenvalue weighted by Crippen LogP contribution is 2.09. The van der Waals surface area contributed by atoms with Gasteiger partial charge in [0.2, 0.25) is 0 Å². The quantitative estimate of drug-likeness (QED) is 0.430. The van der Waals surface area contributed by atoms with Crippen molar-refractivity contribution in [3.63, 3.8) is 0 Å². The number of hydrogen-bond acceptors (Lipinski definition) is 1. The zero-order valence-electron chi connectivity index (χ0n) is 9.81. The van der Waals surface area contributed by atoms with Crippen molar-refractivity contribution in [3.05, 3.63) is 0 Å². The monoisotopic (exact) mass is 202 g/mol. The van der Waals surface area contributed by atoms with Gasteiger partial charge in [-0.2, -0.15) is 0 Å². The Morgan fingerprint density at radius 1 is 1.08 bits per heavy atom. The van der Waals surface area contributed by atoms with Crippen LogP contribution in [0.1, 0.15) is 52.4 Å². The molecule has 0 spiro atoms. The molecule has 0 saturated carbocycles. The van der Waals surface area contributed by atoms with Gasteiger partial charge in [-0.25, -0.2) is 0 Å². The second-order valence-electron chi connectivity index (χ2n) is 4.20. The highest BCUT2D eigenvalue weighted by atomic mass is 28.3. The van der Waals surface area contributed by atoms with Crippen LogP contribution in [0.4, 0.5) is 0 Å². The van der Waals surface area contributed by atoms with Crippen LogP contribution in [-0.2, 0) is 4.43 Å². The van der Waals surface area contributed by atoms with Crippen molar-refractivity contribution in [1.82, 2.24) is 0 Å². The van der Waals surface area contributed by atoms with Gasteiger partial charge < -0.3 is 4.43 Å². The van der Waals surface area contributed by atoms with Crippen molar-refractivity contribution in [1.29, 1.82) is 0 Å². The molecule has 0 aromatic carbocycles. The van der Waals surface area contributed by atoms with Crippen LogP contribution in [-0.4, -0.2) is 15.1 Å². The van der Waals surface area contributed by atoms with Crippen LogP contribution in [0.25, 0.3) is 0 Å². The number of unbranched alkanes of at least 4 members (excludes halogenated alkanes) is 4. The predicted molar refractivity (Wildman–Crippen MR) is 62.8 cm³/mol. The first kappa shape index (κ1) is 13.2. The fourth-order valence-electron chi connectivity index (χ4n) is 1.57. The Morgan fingerprint density at radius 2 is 1.69 bits per heavy atom. The molecule has 0 aliphatic carbocycles. The SMILES string of the molecule is CCCCCCCC(C)O[SiH](C)C. The van der Waals surface area contributed by atoms with Gasteiger partial charge in [-0.15, -0.1) is 0 Å². The Labute approximate surface area is 85.6 Å². The van der Waals surface area contributed by atoms with Crippen LogP contribution in [0.2, 0.25) is 13.1 Å². The highest BCUT2D eigenvalue weighted by Gasteiger charge is 2.04. The zero-order chi connectivity index (χ0) is 10.1. The average Bonchev–Trinajstić information content (AvgIpc) is 2.02. The molecular weight excluding hydrogens is 176 g/mol. The Morgan fingerprint density at radius 3 is 2.23 bits per heavy atom. The molecule has 0 radical (unpaired) electrons. The van der Waals surface area contributed by atoms with Crippen LogP contribution in [0.3, 0.4) is 0 Å². The van der Waals surface area contributed by atoms with E-state index in [1.807, 2.05) is 0 Å². The lowest BCUT2D eigenvalue weighted by atomic mass is 10.1. The maximum absolute atomic E-state index is 5.80. The fraction of sp³-hybridized carbons (Fsp3) is 1.00. The first-order chi connectivity index (χ1) is 6.16. The van der Waals surface area contributed by atoms with Crippen molar-refractivity contribution in [3.8, 4) is 0 Å². The molecule has 0 aliphatic heterocycles. The Bertz CT molecular complexity index is 104. The molecule has 1 unspecified atom stereocenters. The average molecular weight is 202 g/mol. The minimum atomic E-state index is -0.793. The molecule has 0 heterocycles. The molecule has 80 valence electrons. The van der Waals surface area contributed by atoms with Crippen LogP contribution >= 0.6 is 0 Å². The van der Waals surface area contributed by atoms with Gasteiger partial charge in [0.1, 0.15) is 0 Å². The predicted octanol–water partition coefficient (Wildman–Crippen LogP) is 3.74. The normalized spacial score (nSPS) is 13.6. The lowest BCUT2D eigenvalue weighted by molar-refractivity contribution is 0.209. The van der Waals surface area contributed by atoms with E-state index in [0.29, 0.717) is 6.10 Å². The number of rotatable bonds is 8. The topological polar surface area (TPSA) is 9.23 Å².